The molecule has 94 valence electrons. The van der Waals surface area contributed by atoms with Gasteiger partial charge in [-0.15, -0.1) is 6.58 Å². The smallest absolute Gasteiger partial charge is 0.323 e. The van der Waals surface area contributed by atoms with Crippen molar-refractivity contribution in [1.29, 1.82) is 0 Å². The first-order chi connectivity index (χ1) is 8.65. The van der Waals surface area contributed by atoms with Crippen LogP contribution in [0.15, 0.2) is 24.8 Å². The molecule has 2 rings (SSSR count). The van der Waals surface area contributed by atoms with E-state index in [1.54, 1.807) is 0 Å². The zero-order chi connectivity index (χ0) is 13.0. The van der Waals surface area contributed by atoms with E-state index in [-0.39, 0.29) is 17.9 Å². The summed E-state index contributed by atoms with van der Waals surface area (Å²) < 4.78 is 6.75. The van der Waals surface area contributed by atoms with Crippen molar-refractivity contribution in [2.75, 3.05) is 12.3 Å². The molecule has 0 aromatic carbocycles. The Morgan fingerprint density at radius 1 is 1.44 bits per heavy atom. The minimum Gasteiger partial charge on any atom is -0.463 e. The van der Waals surface area contributed by atoms with E-state index in [2.05, 4.69) is 31.6 Å². The van der Waals surface area contributed by atoms with Gasteiger partial charge in [0.1, 0.15) is 12.7 Å². The third-order valence-corrected chi connectivity index (χ3v) is 2.00. The molecule has 2 aromatic heterocycles. The molecule has 0 saturated heterocycles. The SMILES string of the molecule is C=C(C)CCOc1nc(N)nc(-n2cncn2)n1. The average molecular weight is 247 g/mol. The van der Waals surface area contributed by atoms with Gasteiger partial charge < -0.3 is 10.5 Å². The van der Waals surface area contributed by atoms with Crippen molar-refractivity contribution < 1.29 is 4.74 Å². The summed E-state index contributed by atoms with van der Waals surface area (Å²) in [4.78, 5) is 15.7. The van der Waals surface area contributed by atoms with E-state index in [0.29, 0.717) is 6.61 Å². The van der Waals surface area contributed by atoms with Crippen LogP contribution in [0.1, 0.15) is 13.3 Å². The second-order valence-corrected chi connectivity index (χ2v) is 3.67. The lowest BCUT2D eigenvalue weighted by Gasteiger charge is -2.06. The molecule has 0 aliphatic heterocycles. The summed E-state index contributed by atoms with van der Waals surface area (Å²) in [5, 5.41) is 3.90. The summed E-state index contributed by atoms with van der Waals surface area (Å²) in [5.74, 6) is 0.339. The van der Waals surface area contributed by atoms with Crippen LogP contribution in [0.5, 0.6) is 6.01 Å². The number of nitrogen functional groups attached to an aromatic ring is 1. The van der Waals surface area contributed by atoms with Crippen LogP contribution in [-0.4, -0.2) is 36.3 Å². The number of nitrogens with two attached hydrogens (primary N) is 1. The van der Waals surface area contributed by atoms with E-state index in [4.69, 9.17) is 10.5 Å². The largest absolute Gasteiger partial charge is 0.463 e. The summed E-state index contributed by atoms with van der Waals surface area (Å²) in [6.07, 6.45) is 3.57. The number of nitrogens with zero attached hydrogens (tertiary/aromatic N) is 6. The standard InChI is InChI=1S/C10H13N7O/c1-7(2)3-4-18-10-15-8(11)14-9(16-10)17-6-12-5-13-17/h5-6H,1,3-4H2,2H3,(H2,11,14,15,16). The minimum absolute atomic E-state index is 0.0702. The van der Waals surface area contributed by atoms with E-state index in [9.17, 15) is 0 Å². The molecule has 0 bridgehead atoms. The number of ether oxygens (including phenoxy) is 1. The van der Waals surface area contributed by atoms with Crippen LogP contribution >= 0.6 is 0 Å². The number of hydrogen-bond acceptors (Lipinski definition) is 7. The Hall–Kier alpha value is -2.51. The minimum atomic E-state index is 0.0702. The summed E-state index contributed by atoms with van der Waals surface area (Å²) in [7, 11) is 0. The van der Waals surface area contributed by atoms with E-state index < -0.39 is 0 Å². The predicted octanol–water partition coefficient (Wildman–Crippen LogP) is 0.380. The van der Waals surface area contributed by atoms with Gasteiger partial charge in [-0.1, -0.05) is 5.57 Å². The molecule has 0 atom stereocenters. The van der Waals surface area contributed by atoms with Crippen molar-refractivity contribution in [3.63, 3.8) is 0 Å². The van der Waals surface area contributed by atoms with E-state index in [0.717, 1.165) is 12.0 Å². The molecular formula is C10H13N7O. The lowest BCUT2D eigenvalue weighted by molar-refractivity contribution is 0.295. The Bertz CT molecular complexity index is 537. The number of rotatable bonds is 5. The second-order valence-electron chi connectivity index (χ2n) is 3.67. The van der Waals surface area contributed by atoms with E-state index in [1.165, 1.54) is 17.3 Å². The molecule has 2 aromatic rings. The zero-order valence-electron chi connectivity index (χ0n) is 9.94. The van der Waals surface area contributed by atoms with Crippen LogP contribution in [0.4, 0.5) is 5.95 Å². The monoisotopic (exact) mass is 247 g/mol. The molecule has 0 aliphatic carbocycles. The summed E-state index contributed by atoms with van der Waals surface area (Å²) in [6, 6.07) is 0.161. The van der Waals surface area contributed by atoms with Crippen molar-refractivity contribution in [2.45, 2.75) is 13.3 Å². The summed E-state index contributed by atoms with van der Waals surface area (Å²) in [6.45, 7) is 6.14. The fourth-order valence-electron chi connectivity index (χ4n) is 1.16. The van der Waals surface area contributed by atoms with Gasteiger partial charge >= 0.3 is 6.01 Å². The maximum atomic E-state index is 5.58. The third kappa shape index (κ3) is 3.00. The molecule has 0 amide bonds. The van der Waals surface area contributed by atoms with Gasteiger partial charge in [-0.25, -0.2) is 4.98 Å². The molecule has 0 fully saturated rings. The molecule has 18 heavy (non-hydrogen) atoms. The molecule has 8 heteroatoms. The Morgan fingerprint density at radius 2 is 2.28 bits per heavy atom. The quantitative estimate of drug-likeness (QED) is 0.761. The zero-order valence-corrected chi connectivity index (χ0v) is 9.94. The summed E-state index contributed by atoms with van der Waals surface area (Å²) in [5.41, 5.74) is 6.60. The third-order valence-electron chi connectivity index (χ3n) is 2.00. The van der Waals surface area contributed by atoms with Gasteiger partial charge in [0.25, 0.3) is 5.95 Å². The summed E-state index contributed by atoms with van der Waals surface area (Å²) >= 11 is 0. The highest BCUT2D eigenvalue weighted by Gasteiger charge is 2.07. The Balaban J connectivity index is 2.14. The van der Waals surface area contributed by atoms with Crippen molar-refractivity contribution in [3.8, 4) is 12.0 Å². The fraction of sp³-hybridized carbons (Fsp3) is 0.300. The lowest BCUT2D eigenvalue weighted by Crippen LogP contribution is -2.10. The van der Waals surface area contributed by atoms with Crippen LogP contribution in [-0.2, 0) is 0 Å². The van der Waals surface area contributed by atoms with Crippen LogP contribution in [0.3, 0.4) is 0 Å². The molecule has 0 radical (unpaired) electrons. The highest BCUT2D eigenvalue weighted by Crippen LogP contribution is 2.08. The molecule has 0 saturated carbocycles. The Kier molecular flexibility index (Phi) is 3.46. The van der Waals surface area contributed by atoms with Gasteiger partial charge in [0.05, 0.1) is 6.61 Å². The molecule has 0 spiro atoms. The number of anilines is 1. The van der Waals surface area contributed by atoms with Crippen LogP contribution in [0.25, 0.3) is 5.95 Å². The van der Waals surface area contributed by atoms with Gasteiger partial charge in [0.2, 0.25) is 5.95 Å². The van der Waals surface area contributed by atoms with Crippen molar-refractivity contribution in [3.05, 3.63) is 24.8 Å². The van der Waals surface area contributed by atoms with Crippen molar-refractivity contribution in [1.82, 2.24) is 29.7 Å². The van der Waals surface area contributed by atoms with Crippen LogP contribution in [0.2, 0.25) is 0 Å². The van der Waals surface area contributed by atoms with Crippen molar-refractivity contribution in [2.24, 2.45) is 0 Å². The predicted molar refractivity (Wildman–Crippen MR) is 64.1 cm³/mol. The van der Waals surface area contributed by atoms with E-state index >= 15 is 0 Å². The van der Waals surface area contributed by atoms with Gasteiger partial charge in [-0.3, -0.25) is 0 Å². The number of aromatic nitrogens is 6. The molecule has 0 aliphatic rings. The fourth-order valence-corrected chi connectivity index (χ4v) is 1.16. The highest BCUT2D eigenvalue weighted by atomic mass is 16.5. The molecular weight excluding hydrogens is 234 g/mol. The van der Waals surface area contributed by atoms with Crippen LogP contribution < -0.4 is 10.5 Å². The van der Waals surface area contributed by atoms with E-state index in [1.807, 2.05) is 6.92 Å². The molecule has 0 unspecified atom stereocenters. The first-order valence-electron chi connectivity index (χ1n) is 5.29. The van der Waals surface area contributed by atoms with Crippen LogP contribution in [0, 0.1) is 0 Å². The number of hydrogen-bond donors (Lipinski definition) is 1. The Labute approximate surface area is 104 Å². The maximum absolute atomic E-state index is 5.58. The Morgan fingerprint density at radius 3 is 2.94 bits per heavy atom. The lowest BCUT2D eigenvalue weighted by atomic mass is 10.3. The average Bonchev–Trinajstić information content (AvgIpc) is 2.81. The molecule has 2 heterocycles. The first-order valence-corrected chi connectivity index (χ1v) is 5.29. The maximum Gasteiger partial charge on any atom is 0.323 e. The van der Waals surface area contributed by atoms with Gasteiger partial charge in [0, 0.05) is 6.42 Å². The highest BCUT2D eigenvalue weighted by molar-refractivity contribution is 5.23. The van der Waals surface area contributed by atoms with Gasteiger partial charge in [-0.05, 0) is 6.92 Å². The van der Waals surface area contributed by atoms with Gasteiger partial charge in [0.15, 0.2) is 0 Å². The van der Waals surface area contributed by atoms with Gasteiger partial charge in [-0.2, -0.15) is 24.7 Å². The first kappa shape index (κ1) is 12.0. The molecule has 2 N–H and O–H groups in total. The normalized spacial score (nSPS) is 10.3. The van der Waals surface area contributed by atoms with Crippen molar-refractivity contribution >= 4 is 5.95 Å². The topological polar surface area (TPSA) is 105 Å². The second kappa shape index (κ2) is 5.21. The molecule has 8 nitrogen and oxygen atoms in total.